The predicted molar refractivity (Wildman–Crippen MR) is 213 cm³/mol. The summed E-state index contributed by atoms with van der Waals surface area (Å²) in [7, 11) is 0. The summed E-state index contributed by atoms with van der Waals surface area (Å²) in [4.78, 5) is 0. The van der Waals surface area contributed by atoms with Crippen LogP contribution in [0.4, 0.5) is 0 Å². The van der Waals surface area contributed by atoms with Gasteiger partial charge in [0.2, 0.25) is 0 Å². The summed E-state index contributed by atoms with van der Waals surface area (Å²) in [6.45, 7) is 4.86. The van der Waals surface area contributed by atoms with Crippen molar-refractivity contribution in [3.05, 3.63) is 193 Å². The SMILES string of the molecule is CC1=C([O][Ge]([c]2ccccc2)([c]2ccccc2)[c]2ccccc2)CC(C(C)[CH2][Ge]([c]2ccccc2)([c]2ccccc2)[c]2ccccc2)CC1. The minimum absolute atomic E-state index is 0.527. The summed E-state index contributed by atoms with van der Waals surface area (Å²) in [5.74, 6) is 2.30. The van der Waals surface area contributed by atoms with Crippen molar-refractivity contribution < 1.29 is 3.76 Å². The van der Waals surface area contributed by atoms with Gasteiger partial charge in [-0.05, 0) is 0 Å². The summed E-state index contributed by atoms with van der Waals surface area (Å²) in [6, 6.07) is 67.7. The first-order valence-electron chi connectivity index (χ1n) is 17.8. The van der Waals surface area contributed by atoms with Gasteiger partial charge in [0, 0.05) is 0 Å². The normalized spacial score (nSPS) is 15.8. The monoisotopic (exact) mass is 762 g/mol. The second-order valence-corrected chi connectivity index (χ2v) is 29.0. The molecule has 0 radical (unpaired) electrons. The van der Waals surface area contributed by atoms with Crippen molar-refractivity contribution in [3.63, 3.8) is 0 Å². The van der Waals surface area contributed by atoms with Gasteiger partial charge >= 0.3 is 301 Å². The molecule has 6 aromatic carbocycles. The average Bonchev–Trinajstić information content (AvgIpc) is 3.18. The molecular formula is C46H46Ge2O. The second-order valence-electron chi connectivity index (χ2n) is 13.8. The van der Waals surface area contributed by atoms with Crippen LogP contribution in [0.25, 0.3) is 0 Å². The Kier molecular flexibility index (Phi) is 10.4. The summed E-state index contributed by atoms with van der Waals surface area (Å²) in [5, 5.41) is 1.21. The molecule has 244 valence electrons. The van der Waals surface area contributed by atoms with Gasteiger partial charge in [0.25, 0.3) is 0 Å². The fraction of sp³-hybridized carbons (Fsp3) is 0.174. The molecule has 0 amide bonds. The number of benzene rings is 6. The van der Waals surface area contributed by atoms with Crippen molar-refractivity contribution in [2.24, 2.45) is 11.8 Å². The van der Waals surface area contributed by atoms with Crippen molar-refractivity contribution in [2.75, 3.05) is 0 Å². The molecule has 0 fully saturated rings. The first kappa shape index (κ1) is 33.4. The van der Waals surface area contributed by atoms with Gasteiger partial charge in [-0.1, -0.05) is 0 Å². The third kappa shape index (κ3) is 6.76. The summed E-state index contributed by atoms with van der Waals surface area (Å²) in [5.41, 5.74) is 1.42. The van der Waals surface area contributed by atoms with E-state index in [0.717, 1.165) is 12.8 Å². The van der Waals surface area contributed by atoms with E-state index < -0.39 is 26.9 Å². The third-order valence-corrected chi connectivity index (χ3v) is 30.2. The van der Waals surface area contributed by atoms with Crippen LogP contribution in [0, 0.1) is 11.8 Å². The molecule has 2 unspecified atom stereocenters. The van der Waals surface area contributed by atoms with Gasteiger partial charge < -0.3 is 0 Å². The Bertz CT molecular complexity index is 1750. The summed E-state index contributed by atoms with van der Waals surface area (Å²) < 4.78 is 16.4. The maximum absolute atomic E-state index is 7.80. The van der Waals surface area contributed by atoms with Crippen molar-refractivity contribution >= 4 is 53.2 Å². The minimum atomic E-state index is -3.61. The van der Waals surface area contributed by atoms with Crippen molar-refractivity contribution in [1.82, 2.24) is 0 Å². The Morgan fingerprint density at radius 1 is 0.510 bits per heavy atom. The molecule has 0 aliphatic heterocycles. The first-order valence-corrected chi connectivity index (χ1v) is 26.5. The Morgan fingerprint density at radius 3 is 1.18 bits per heavy atom. The number of hydrogen-bond donors (Lipinski definition) is 0. The van der Waals surface area contributed by atoms with Crippen molar-refractivity contribution in [3.8, 4) is 0 Å². The van der Waals surface area contributed by atoms with Crippen LogP contribution in [0.3, 0.4) is 0 Å². The molecule has 7 rings (SSSR count). The fourth-order valence-corrected chi connectivity index (χ4v) is 27.6. The quantitative estimate of drug-likeness (QED) is 0.124. The molecular weight excluding hydrogens is 714 g/mol. The Morgan fingerprint density at radius 2 is 0.837 bits per heavy atom. The molecule has 1 aliphatic carbocycles. The van der Waals surface area contributed by atoms with Gasteiger partial charge in [-0.2, -0.15) is 0 Å². The molecule has 0 saturated heterocycles. The number of hydrogen-bond acceptors (Lipinski definition) is 1. The van der Waals surface area contributed by atoms with Gasteiger partial charge in [-0.3, -0.25) is 0 Å². The van der Waals surface area contributed by atoms with Crippen LogP contribution >= 0.6 is 0 Å². The van der Waals surface area contributed by atoms with Crippen LogP contribution in [0.5, 0.6) is 0 Å². The Labute approximate surface area is 298 Å². The topological polar surface area (TPSA) is 9.23 Å². The standard InChI is InChI=1S/C46H46Ge2O/c1-37-33-34-39(38(2)36-47(40-21-9-3-10-22-40,41-23-11-4-12-24-41)42-25-13-5-14-26-42)35-46(37)49-48(43-27-15-6-16-28-43,44-29-17-7-18-30-44)45-31-19-8-20-32-45/h3-32,38-39H,33-36H2,1-2H3. The molecule has 0 N–H and O–H groups in total. The molecule has 0 saturated carbocycles. The average molecular weight is 760 g/mol. The molecule has 0 heterocycles. The fourth-order valence-electron chi connectivity index (χ4n) is 8.22. The summed E-state index contributed by atoms with van der Waals surface area (Å²) >= 11 is -6.70. The van der Waals surface area contributed by atoms with E-state index in [-0.39, 0.29) is 0 Å². The second kappa shape index (κ2) is 15.2. The third-order valence-electron chi connectivity index (χ3n) is 10.9. The Hall–Kier alpha value is -4.05. The van der Waals surface area contributed by atoms with E-state index in [1.165, 1.54) is 49.4 Å². The van der Waals surface area contributed by atoms with Crippen molar-refractivity contribution in [1.29, 1.82) is 0 Å². The molecule has 1 nitrogen and oxygen atoms in total. The molecule has 49 heavy (non-hydrogen) atoms. The summed E-state index contributed by atoms with van der Waals surface area (Å²) in [6.07, 6.45) is 3.28. The van der Waals surface area contributed by atoms with E-state index in [1.54, 1.807) is 0 Å². The zero-order chi connectivity index (χ0) is 33.5. The van der Waals surface area contributed by atoms with E-state index in [9.17, 15) is 0 Å². The van der Waals surface area contributed by atoms with E-state index in [4.69, 9.17) is 3.76 Å². The molecule has 0 bridgehead atoms. The maximum atomic E-state index is 7.80. The zero-order valence-corrected chi connectivity index (χ0v) is 32.9. The molecule has 0 spiro atoms. The predicted octanol–water partition coefficient (Wildman–Crippen LogP) is 7.55. The first-order chi connectivity index (χ1) is 24.1. The van der Waals surface area contributed by atoms with E-state index in [2.05, 4.69) is 196 Å². The van der Waals surface area contributed by atoms with E-state index >= 15 is 0 Å². The molecule has 0 aromatic heterocycles. The van der Waals surface area contributed by atoms with Gasteiger partial charge in [-0.15, -0.1) is 0 Å². The van der Waals surface area contributed by atoms with Gasteiger partial charge in [0.05, 0.1) is 0 Å². The van der Waals surface area contributed by atoms with E-state index in [0.29, 0.717) is 11.8 Å². The van der Waals surface area contributed by atoms with Gasteiger partial charge in [0.15, 0.2) is 0 Å². The Balaban J connectivity index is 1.29. The van der Waals surface area contributed by atoms with Crippen LogP contribution < -0.4 is 26.4 Å². The van der Waals surface area contributed by atoms with E-state index in [1.807, 2.05) is 0 Å². The van der Waals surface area contributed by atoms with Gasteiger partial charge in [-0.25, -0.2) is 0 Å². The molecule has 2 atom stereocenters. The van der Waals surface area contributed by atoms with Gasteiger partial charge in [0.1, 0.15) is 0 Å². The van der Waals surface area contributed by atoms with Crippen molar-refractivity contribution in [2.45, 2.75) is 38.4 Å². The molecule has 3 heteroatoms. The molecule has 1 aliphatic rings. The van der Waals surface area contributed by atoms with Crippen LogP contribution in [-0.2, 0) is 3.76 Å². The van der Waals surface area contributed by atoms with Crippen LogP contribution in [0.2, 0.25) is 5.25 Å². The van der Waals surface area contributed by atoms with Crippen LogP contribution in [0.15, 0.2) is 193 Å². The van der Waals surface area contributed by atoms with Crippen LogP contribution in [0.1, 0.15) is 33.1 Å². The molecule has 6 aromatic rings. The zero-order valence-electron chi connectivity index (χ0n) is 28.7. The number of rotatable bonds is 11. The number of allylic oxidation sites excluding steroid dienone is 2. The van der Waals surface area contributed by atoms with Crippen LogP contribution in [-0.4, -0.2) is 26.9 Å².